The number of aromatic amines is 1. The van der Waals surface area contributed by atoms with Crippen LogP contribution in [0, 0.1) is 5.92 Å². The Morgan fingerprint density at radius 3 is 2.32 bits per heavy atom. The number of H-pyrrole nitrogens is 1. The van der Waals surface area contributed by atoms with E-state index in [0.29, 0.717) is 23.0 Å². The van der Waals surface area contributed by atoms with Gasteiger partial charge in [-0.1, -0.05) is 37.6 Å². The average molecular weight is 442 g/mol. The molecule has 8 heteroatoms. The Kier molecular flexibility index (Phi) is 5.54. The van der Waals surface area contributed by atoms with Crippen molar-refractivity contribution in [2.45, 2.75) is 19.9 Å². The Morgan fingerprint density at radius 2 is 1.77 bits per heavy atom. The van der Waals surface area contributed by atoms with E-state index >= 15 is 0 Å². The number of amides is 1. The minimum Gasteiger partial charge on any atom is -0.502 e. The fourth-order valence-electron chi connectivity index (χ4n) is 4.02. The van der Waals surface area contributed by atoms with E-state index in [0.717, 1.165) is 16.7 Å². The van der Waals surface area contributed by atoms with Crippen molar-refractivity contribution < 1.29 is 19.4 Å². The molecule has 31 heavy (non-hydrogen) atoms. The average Bonchev–Trinajstić information content (AvgIpc) is 3.28. The van der Waals surface area contributed by atoms with E-state index in [9.17, 15) is 9.90 Å². The van der Waals surface area contributed by atoms with Gasteiger partial charge in [-0.2, -0.15) is 5.10 Å². The Bertz CT molecular complexity index is 1100. The van der Waals surface area contributed by atoms with E-state index in [2.05, 4.69) is 24.0 Å². The number of rotatable bonds is 6. The maximum Gasteiger partial charge on any atom is 0.273 e. The van der Waals surface area contributed by atoms with Crippen LogP contribution in [0.1, 0.15) is 41.5 Å². The number of phenolic OH excluding ortho intramolecular Hbond substituents is 1. The van der Waals surface area contributed by atoms with E-state index in [-0.39, 0.29) is 29.1 Å². The molecule has 7 nitrogen and oxygen atoms in total. The van der Waals surface area contributed by atoms with Gasteiger partial charge in [-0.05, 0) is 35.7 Å². The largest absolute Gasteiger partial charge is 0.502 e. The third-order valence-electron chi connectivity index (χ3n) is 5.36. The van der Waals surface area contributed by atoms with Crippen molar-refractivity contribution in [3.8, 4) is 28.5 Å². The minimum atomic E-state index is -0.419. The van der Waals surface area contributed by atoms with Gasteiger partial charge in [0.1, 0.15) is 5.69 Å². The second-order valence-corrected chi connectivity index (χ2v) is 8.33. The Hall–Kier alpha value is -3.19. The Balaban J connectivity index is 1.93. The smallest absolute Gasteiger partial charge is 0.273 e. The number of phenols is 1. The topological polar surface area (TPSA) is 87.7 Å². The number of carbonyl (C=O) groups excluding carboxylic acids is 1. The van der Waals surface area contributed by atoms with Crippen LogP contribution in [0.5, 0.6) is 17.2 Å². The van der Waals surface area contributed by atoms with E-state index < -0.39 is 6.04 Å². The summed E-state index contributed by atoms with van der Waals surface area (Å²) in [6, 6.07) is 10.4. The monoisotopic (exact) mass is 441 g/mol. The van der Waals surface area contributed by atoms with Gasteiger partial charge in [-0.15, -0.1) is 0 Å². The summed E-state index contributed by atoms with van der Waals surface area (Å²) in [7, 11) is 2.96. The first kappa shape index (κ1) is 21.1. The number of aromatic nitrogens is 2. The molecule has 0 bridgehead atoms. The van der Waals surface area contributed by atoms with Gasteiger partial charge in [0.05, 0.1) is 26.0 Å². The van der Waals surface area contributed by atoms with Gasteiger partial charge in [-0.25, -0.2) is 0 Å². The van der Waals surface area contributed by atoms with Crippen LogP contribution < -0.4 is 9.47 Å². The van der Waals surface area contributed by atoms with Crippen LogP contribution in [-0.4, -0.2) is 46.9 Å². The van der Waals surface area contributed by atoms with Crippen LogP contribution in [0.15, 0.2) is 36.4 Å². The minimum absolute atomic E-state index is 0.0844. The summed E-state index contributed by atoms with van der Waals surface area (Å²) < 4.78 is 10.7. The molecule has 0 saturated heterocycles. The van der Waals surface area contributed by atoms with Crippen molar-refractivity contribution in [1.29, 1.82) is 0 Å². The third-order valence-corrected chi connectivity index (χ3v) is 5.61. The Labute approximate surface area is 185 Å². The summed E-state index contributed by atoms with van der Waals surface area (Å²) in [6.45, 7) is 4.68. The summed E-state index contributed by atoms with van der Waals surface area (Å²) in [5.41, 5.74) is 3.53. The predicted octanol–water partition coefficient (Wildman–Crippen LogP) is 4.65. The first-order valence-electron chi connectivity index (χ1n) is 9.95. The van der Waals surface area contributed by atoms with Crippen LogP contribution in [0.2, 0.25) is 5.02 Å². The molecule has 0 spiro atoms. The summed E-state index contributed by atoms with van der Waals surface area (Å²) >= 11 is 6.06. The number of hydrogen-bond acceptors (Lipinski definition) is 5. The van der Waals surface area contributed by atoms with Crippen molar-refractivity contribution in [2.24, 2.45) is 5.92 Å². The normalized spacial score (nSPS) is 15.5. The molecule has 3 aromatic rings. The van der Waals surface area contributed by atoms with E-state index in [4.69, 9.17) is 21.1 Å². The van der Waals surface area contributed by atoms with Crippen LogP contribution in [0.4, 0.5) is 0 Å². The highest BCUT2D eigenvalue weighted by molar-refractivity contribution is 6.30. The van der Waals surface area contributed by atoms with Crippen molar-refractivity contribution in [3.63, 3.8) is 0 Å². The van der Waals surface area contributed by atoms with Crippen LogP contribution in [0.3, 0.4) is 0 Å². The zero-order valence-corrected chi connectivity index (χ0v) is 18.5. The predicted molar refractivity (Wildman–Crippen MR) is 118 cm³/mol. The van der Waals surface area contributed by atoms with Gasteiger partial charge >= 0.3 is 0 Å². The van der Waals surface area contributed by atoms with Gasteiger partial charge in [0, 0.05) is 22.7 Å². The number of aromatic hydroxyl groups is 1. The number of fused-ring (bicyclic) bond motifs is 1. The van der Waals surface area contributed by atoms with E-state index in [1.807, 2.05) is 17.0 Å². The molecule has 1 aromatic heterocycles. The molecule has 1 atom stereocenters. The molecule has 162 valence electrons. The number of halogens is 1. The molecule has 1 unspecified atom stereocenters. The summed E-state index contributed by atoms with van der Waals surface area (Å²) in [5, 5.41) is 18.4. The van der Waals surface area contributed by atoms with Crippen molar-refractivity contribution >= 4 is 17.5 Å². The van der Waals surface area contributed by atoms with Gasteiger partial charge in [0.15, 0.2) is 11.5 Å². The lowest BCUT2D eigenvalue weighted by molar-refractivity contribution is 0.0722. The van der Waals surface area contributed by atoms with Crippen LogP contribution in [0.25, 0.3) is 11.3 Å². The quantitative estimate of drug-likeness (QED) is 0.581. The van der Waals surface area contributed by atoms with Crippen molar-refractivity contribution in [1.82, 2.24) is 15.1 Å². The molecule has 2 heterocycles. The molecule has 0 saturated carbocycles. The highest BCUT2D eigenvalue weighted by Crippen LogP contribution is 2.47. The molecule has 0 aliphatic carbocycles. The van der Waals surface area contributed by atoms with Crippen molar-refractivity contribution in [2.75, 3.05) is 20.8 Å². The highest BCUT2D eigenvalue weighted by atomic mass is 35.5. The molecule has 1 aliphatic heterocycles. The van der Waals surface area contributed by atoms with Gasteiger partial charge < -0.3 is 19.5 Å². The van der Waals surface area contributed by atoms with E-state index in [1.54, 1.807) is 24.3 Å². The van der Waals surface area contributed by atoms with Crippen LogP contribution in [-0.2, 0) is 0 Å². The summed E-state index contributed by atoms with van der Waals surface area (Å²) in [6.07, 6.45) is 0. The number of nitrogens with one attached hydrogen (secondary N) is 1. The lowest BCUT2D eigenvalue weighted by Crippen LogP contribution is -2.32. The second-order valence-electron chi connectivity index (χ2n) is 7.90. The molecule has 1 amide bonds. The molecule has 2 aromatic carbocycles. The Morgan fingerprint density at radius 1 is 1.16 bits per heavy atom. The SMILES string of the molecule is COc1cc(C2c3c(-c4ccc(Cl)cc4)n[nH]c3C(=O)N2CC(C)C)cc(OC)c1O. The number of carbonyl (C=O) groups is 1. The van der Waals surface area contributed by atoms with E-state index in [1.165, 1.54) is 14.2 Å². The number of benzene rings is 2. The lowest BCUT2D eigenvalue weighted by atomic mass is 9.95. The van der Waals surface area contributed by atoms with Crippen LogP contribution >= 0.6 is 11.6 Å². The zero-order chi connectivity index (χ0) is 22.3. The maximum atomic E-state index is 13.3. The zero-order valence-electron chi connectivity index (χ0n) is 17.8. The fraction of sp³-hybridized carbons (Fsp3) is 0.304. The molecule has 1 aliphatic rings. The standard InChI is InChI=1S/C23H24ClN3O4/c1-12(2)11-27-21(14-9-16(30-3)22(28)17(10-14)31-4)18-19(25-26-20(18)23(27)29)13-5-7-15(24)8-6-13/h5-10,12,21,28H,11H2,1-4H3,(H,25,26). The molecule has 0 fully saturated rings. The third kappa shape index (κ3) is 3.59. The first-order chi connectivity index (χ1) is 14.8. The fourth-order valence-corrected chi connectivity index (χ4v) is 4.15. The molecular formula is C23H24ClN3O4. The number of nitrogens with zero attached hydrogens (tertiary/aromatic N) is 2. The number of methoxy groups -OCH3 is 2. The van der Waals surface area contributed by atoms with Gasteiger partial charge in [-0.3, -0.25) is 9.89 Å². The molecule has 2 N–H and O–H groups in total. The lowest BCUT2D eigenvalue weighted by Gasteiger charge is -2.28. The van der Waals surface area contributed by atoms with Crippen molar-refractivity contribution in [3.05, 3.63) is 58.2 Å². The number of ether oxygens (including phenoxy) is 2. The molecular weight excluding hydrogens is 418 g/mol. The molecule has 0 radical (unpaired) electrons. The second kappa shape index (κ2) is 8.15. The summed E-state index contributed by atoms with van der Waals surface area (Å²) in [4.78, 5) is 15.1. The number of hydrogen-bond donors (Lipinski definition) is 2. The van der Waals surface area contributed by atoms with Gasteiger partial charge in [0.25, 0.3) is 5.91 Å². The highest BCUT2D eigenvalue weighted by Gasteiger charge is 2.42. The van der Waals surface area contributed by atoms with Gasteiger partial charge in [0.2, 0.25) is 5.75 Å². The molecule has 4 rings (SSSR count). The maximum absolute atomic E-state index is 13.3. The summed E-state index contributed by atoms with van der Waals surface area (Å²) in [5.74, 6) is 0.599. The first-order valence-corrected chi connectivity index (χ1v) is 10.3.